The summed E-state index contributed by atoms with van der Waals surface area (Å²) in [6.45, 7) is 0.489. The first-order valence-corrected chi connectivity index (χ1v) is 7.16. The molecule has 0 atom stereocenters. The summed E-state index contributed by atoms with van der Waals surface area (Å²) in [7, 11) is 0. The summed E-state index contributed by atoms with van der Waals surface area (Å²) in [5.74, 6) is 0. The lowest BCUT2D eigenvalue weighted by Gasteiger charge is -2.05. The van der Waals surface area contributed by atoms with Gasteiger partial charge in [-0.1, -0.05) is 57.3 Å². The number of rotatable bonds is 4. The fourth-order valence-electron chi connectivity index (χ4n) is 1.53. The van der Waals surface area contributed by atoms with Crippen LogP contribution in [0.3, 0.4) is 0 Å². The fourth-order valence-corrected chi connectivity index (χ4v) is 2.48. The number of nitrogens with one attached hydrogen (secondary N) is 1. The smallest absolute Gasteiger partial charge is 0.0609 e. The standard InChI is InChI=1S/C14H11BrCl2N2/c15-11-4-1-3-10(7-11)8-18-19-9-12-13(16)5-2-6-14(12)17/h1-8,19H,9H2/b18-8+. The molecule has 0 unspecified atom stereocenters. The van der Waals surface area contributed by atoms with Crippen molar-refractivity contribution in [1.29, 1.82) is 0 Å². The molecular weight excluding hydrogens is 347 g/mol. The Hall–Kier alpha value is -1.03. The zero-order valence-corrected chi connectivity index (χ0v) is 13.0. The molecule has 0 aromatic heterocycles. The van der Waals surface area contributed by atoms with Crippen molar-refractivity contribution < 1.29 is 0 Å². The molecule has 2 nitrogen and oxygen atoms in total. The number of halogens is 3. The molecule has 0 heterocycles. The van der Waals surface area contributed by atoms with Crippen LogP contribution in [-0.4, -0.2) is 6.21 Å². The van der Waals surface area contributed by atoms with E-state index in [1.165, 1.54) is 0 Å². The van der Waals surface area contributed by atoms with E-state index in [4.69, 9.17) is 23.2 Å². The molecule has 0 bridgehead atoms. The summed E-state index contributed by atoms with van der Waals surface area (Å²) in [6.07, 6.45) is 1.75. The Morgan fingerprint density at radius 1 is 1.11 bits per heavy atom. The third-order valence-electron chi connectivity index (χ3n) is 2.47. The number of hydrogen-bond donors (Lipinski definition) is 1. The number of hydrazone groups is 1. The van der Waals surface area contributed by atoms with Crippen LogP contribution in [0.15, 0.2) is 52.0 Å². The van der Waals surface area contributed by atoms with Crippen LogP contribution in [0, 0.1) is 0 Å². The minimum absolute atomic E-state index is 0.489. The Morgan fingerprint density at radius 3 is 2.47 bits per heavy atom. The van der Waals surface area contributed by atoms with Gasteiger partial charge in [0.2, 0.25) is 0 Å². The van der Waals surface area contributed by atoms with Gasteiger partial charge < -0.3 is 5.43 Å². The average molecular weight is 358 g/mol. The monoisotopic (exact) mass is 356 g/mol. The molecule has 1 N–H and O–H groups in total. The van der Waals surface area contributed by atoms with Gasteiger partial charge in [0.15, 0.2) is 0 Å². The Morgan fingerprint density at radius 2 is 1.79 bits per heavy atom. The van der Waals surface area contributed by atoms with E-state index in [9.17, 15) is 0 Å². The first-order chi connectivity index (χ1) is 9.16. The van der Waals surface area contributed by atoms with Gasteiger partial charge in [0.1, 0.15) is 0 Å². The lowest BCUT2D eigenvalue weighted by Crippen LogP contribution is -2.06. The second-order valence-electron chi connectivity index (χ2n) is 3.85. The van der Waals surface area contributed by atoms with Gasteiger partial charge in [-0.15, -0.1) is 0 Å². The highest BCUT2D eigenvalue weighted by molar-refractivity contribution is 9.10. The van der Waals surface area contributed by atoms with Crippen LogP contribution in [0.1, 0.15) is 11.1 Å². The predicted octanol–water partition coefficient (Wildman–Crippen LogP) is 4.88. The molecule has 0 fully saturated rings. The third kappa shape index (κ3) is 4.23. The van der Waals surface area contributed by atoms with Crippen molar-refractivity contribution in [2.24, 2.45) is 5.10 Å². The second-order valence-corrected chi connectivity index (χ2v) is 5.58. The molecule has 0 amide bonds. The summed E-state index contributed by atoms with van der Waals surface area (Å²) in [5, 5.41) is 5.42. The molecule has 0 aliphatic carbocycles. The quantitative estimate of drug-likeness (QED) is 0.612. The maximum atomic E-state index is 6.06. The predicted molar refractivity (Wildman–Crippen MR) is 85.0 cm³/mol. The Bertz CT molecular complexity index is 579. The highest BCUT2D eigenvalue weighted by Crippen LogP contribution is 2.23. The van der Waals surface area contributed by atoms with E-state index in [-0.39, 0.29) is 0 Å². The van der Waals surface area contributed by atoms with Crippen molar-refractivity contribution in [3.8, 4) is 0 Å². The van der Waals surface area contributed by atoms with Crippen LogP contribution in [0.4, 0.5) is 0 Å². The van der Waals surface area contributed by atoms with Crippen molar-refractivity contribution in [3.63, 3.8) is 0 Å². The second kappa shape index (κ2) is 6.94. The number of nitrogens with zero attached hydrogens (tertiary/aromatic N) is 1. The molecule has 19 heavy (non-hydrogen) atoms. The minimum Gasteiger partial charge on any atom is -0.306 e. The summed E-state index contributed by atoms with van der Waals surface area (Å²) < 4.78 is 1.02. The van der Waals surface area contributed by atoms with Gasteiger partial charge in [-0.05, 0) is 29.8 Å². The van der Waals surface area contributed by atoms with E-state index in [2.05, 4.69) is 26.5 Å². The molecule has 2 aromatic rings. The summed E-state index contributed by atoms with van der Waals surface area (Å²) in [5.41, 5.74) is 4.79. The summed E-state index contributed by atoms with van der Waals surface area (Å²) in [6, 6.07) is 13.3. The first-order valence-electron chi connectivity index (χ1n) is 5.61. The van der Waals surface area contributed by atoms with E-state index < -0.39 is 0 Å². The normalized spacial score (nSPS) is 10.9. The Balaban J connectivity index is 1.97. The third-order valence-corrected chi connectivity index (χ3v) is 3.67. The van der Waals surface area contributed by atoms with Crippen LogP contribution >= 0.6 is 39.1 Å². The van der Waals surface area contributed by atoms with Crippen molar-refractivity contribution in [3.05, 3.63) is 68.1 Å². The van der Waals surface area contributed by atoms with Crippen LogP contribution < -0.4 is 5.43 Å². The minimum atomic E-state index is 0.489. The van der Waals surface area contributed by atoms with Crippen molar-refractivity contribution in [2.45, 2.75) is 6.54 Å². The topological polar surface area (TPSA) is 24.4 Å². The van der Waals surface area contributed by atoms with Gasteiger partial charge in [-0.25, -0.2) is 0 Å². The van der Waals surface area contributed by atoms with Crippen LogP contribution in [0.5, 0.6) is 0 Å². The van der Waals surface area contributed by atoms with Crippen LogP contribution in [0.25, 0.3) is 0 Å². The van der Waals surface area contributed by atoms with Crippen molar-refractivity contribution in [1.82, 2.24) is 5.43 Å². The molecule has 0 aliphatic rings. The van der Waals surface area contributed by atoms with Gasteiger partial charge in [-0.2, -0.15) is 5.10 Å². The van der Waals surface area contributed by atoms with E-state index in [1.54, 1.807) is 6.21 Å². The summed E-state index contributed by atoms with van der Waals surface area (Å²) in [4.78, 5) is 0. The van der Waals surface area contributed by atoms with Gasteiger partial charge in [0.05, 0.1) is 12.8 Å². The molecule has 5 heteroatoms. The van der Waals surface area contributed by atoms with Gasteiger partial charge in [0, 0.05) is 20.1 Å². The first kappa shape index (κ1) is 14.4. The number of hydrogen-bond acceptors (Lipinski definition) is 2. The maximum Gasteiger partial charge on any atom is 0.0609 e. The van der Waals surface area contributed by atoms with E-state index in [0.29, 0.717) is 16.6 Å². The van der Waals surface area contributed by atoms with Crippen molar-refractivity contribution in [2.75, 3.05) is 0 Å². The van der Waals surface area contributed by atoms with E-state index >= 15 is 0 Å². The molecule has 0 radical (unpaired) electrons. The number of benzene rings is 2. The fraction of sp³-hybridized carbons (Fsp3) is 0.0714. The molecule has 2 rings (SSSR count). The Kier molecular flexibility index (Phi) is 5.25. The molecule has 0 saturated heterocycles. The SMILES string of the molecule is Clc1cccc(Cl)c1CN/N=C/c1cccc(Br)c1. The van der Waals surface area contributed by atoms with E-state index in [0.717, 1.165) is 15.6 Å². The molecule has 0 aliphatic heterocycles. The summed E-state index contributed by atoms with van der Waals surface area (Å²) >= 11 is 15.5. The van der Waals surface area contributed by atoms with Crippen molar-refractivity contribution >= 4 is 45.3 Å². The van der Waals surface area contributed by atoms with Crippen LogP contribution in [0.2, 0.25) is 10.0 Å². The van der Waals surface area contributed by atoms with Crippen LogP contribution in [-0.2, 0) is 6.54 Å². The maximum absolute atomic E-state index is 6.06. The Labute approximate surface area is 130 Å². The zero-order chi connectivity index (χ0) is 13.7. The van der Waals surface area contributed by atoms with Gasteiger partial charge >= 0.3 is 0 Å². The zero-order valence-electron chi connectivity index (χ0n) is 9.91. The molecule has 0 spiro atoms. The lowest BCUT2D eigenvalue weighted by molar-refractivity contribution is 0.748. The van der Waals surface area contributed by atoms with E-state index in [1.807, 2.05) is 42.5 Å². The van der Waals surface area contributed by atoms with Gasteiger partial charge in [0.25, 0.3) is 0 Å². The molecule has 0 saturated carbocycles. The molecule has 2 aromatic carbocycles. The molecular formula is C14H11BrCl2N2. The van der Waals surface area contributed by atoms with Gasteiger partial charge in [-0.3, -0.25) is 0 Å². The average Bonchev–Trinajstić information content (AvgIpc) is 2.37. The highest BCUT2D eigenvalue weighted by Gasteiger charge is 2.03. The molecule has 98 valence electrons. The highest BCUT2D eigenvalue weighted by atomic mass is 79.9. The lowest BCUT2D eigenvalue weighted by atomic mass is 10.2. The largest absolute Gasteiger partial charge is 0.306 e.